The highest BCUT2D eigenvalue weighted by molar-refractivity contribution is 5.78. The van der Waals surface area contributed by atoms with Crippen LogP contribution < -0.4 is 0 Å². The van der Waals surface area contributed by atoms with E-state index in [0.717, 1.165) is 24.9 Å². The molecule has 4 nitrogen and oxygen atoms in total. The summed E-state index contributed by atoms with van der Waals surface area (Å²) in [6.45, 7) is 3.34. The molecule has 1 amide bonds. The number of carbonyl (C=O) groups excluding carboxylic acids is 1. The molecule has 1 fully saturated rings. The number of likely N-dealkylation sites (tertiary alicyclic amines) is 1. The Morgan fingerprint density at radius 1 is 1.42 bits per heavy atom. The van der Waals surface area contributed by atoms with Crippen LogP contribution in [0.15, 0.2) is 24.3 Å². The van der Waals surface area contributed by atoms with Gasteiger partial charge in [-0.15, -0.1) is 0 Å². The van der Waals surface area contributed by atoms with E-state index in [2.05, 4.69) is 0 Å². The van der Waals surface area contributed by atoms with Crippen LogP contribution in [-0.4, -0.2) is 35.0 Å². The number of halogens is 1. The van der Waals surface area contributed by atoms with E-state index < -0.39 is 5.97 Å². The predicted molar refractivity (Wildman–Crippen MR) is 90.1 cm³/mol. The first-order valence-corrected chi connectivity index (χ1v) is 8.70. The Balaban J connectivity index is 1.82. The minimum Gasteiger partial charge on any atom is -0.481 e. The average Bonchev–Trinajstić information content (AvgIpc) is 2.57. The molecule has 2 atom stereocenters. The van der Waals surface area contributed by atoms with Crippen LogP contribution in [0.25, 0.3) is 0 Å². The summed E-state index contributed by atoms with van der Waals surface area (Å²) in [6.07, 6.45) is 4.11. The fraction of sp³-hybridized carbons (Fsp3) is 0.579. The number of carboxylic acid groups (broad SMARTS) is 1. The molecule has 5 heteroatoms. The Kier molecular flexibility index (Phi) is 6.76. The molecule has 2 unspecified atom stereocenters. The van der Waals surface area contributed by atoms with Crippen molar-refractivity contribution in [3.63, 3.8) is 0 Å². The number of rotatable bonds is 7. The van der Waals surface area contributed by atoms with Crippen molar-refractivity contribution in [2.24, 2.45) is 11.8 Å². The summed E-state index contributed by atoms with van der Waals surface area (Å²) in [5.74, 6) is -0.710. The Morgan fingerprint density at radius 2 is 2.21 bits per heavy atom. The van der Waals surface area contributed by atoms with Gasteiger partial charge >= 0.3 is 5.97 Å². The molecule has 2 rings (SSSR count). The van der Waals surface area contributed by atoms with Crippen LogP contribution in [0.2, 0.25) is 0 Å². The molecule has 1 aromatic rings. The third-order valence-electron chi connectivity index (χ3n) is 4.77. The number of nitrogens with zero attached hydrogens (tertiary/aromatic N) is 1. The van der Waals surface area contributed by atoms with Crippen LogP contribution >= 0.6 is 0 Å². The third kappa shape index (κ3) is 5.62. The van der Waals surface area contributed by atoms with Gasteiger partial charge in [-0.25, -0.2) is 4.39 Å². The Labute approximate surface area is 142 Å². The van der Waals surface area contributed by atoms with Gasteiger partial charge in [-0.2, -0.15) is 0 Å². The number of hydrogen-bond donors (Lipinski definition) is 1. The van der Waals surface area contributed by atoms with Gasteiger partial charge in [0.05, 0.1) is 0 Å². The average molecular weight is 335 g/mol. The summed E-state index contributed by atoms with van der Waals surface area (Å²) in [5, 5.41) is 8.80. The van der Waals surface area contributed by atoms with E-state index in [9.17, 15) is 14.0 Å². The largest absolute Gasteiger partial charge is 0.481 e. The number of benzene rings is 1. The maximum atomic E-state index is 13.2. The number of amides is 1. The van der Waals surface area contributed by atoms with Crippen molar-refractivity contribution in [1.82, 2.24) is 4.90 Å². The van der Waals surface area contributed by atoms with E-state index >= 15 is 0 Å². The monoisotopic (exact) mass is 335 g/mol. The molecule has 0 aromatic heterocycles. The molecule has 1 N–H and O–H groups in total. The van der Waals surface area contributed by atoms with E-state index in [1.54, 1.807) is 6.07 Å². The third-order valence-corrected chi connectivity index (χ3v) is 4.77. The van der Waals surface area contributed by atoms with Gasteiger partial charge in [0, 0.05) is 25.4 Å². The van der Waals surface area contributed by atoms with E-state index in [-0.39, 0.29) is 30.0 Å². The second-order valence-corrected chi connectivity index (χ2v) is 6.79. The lowest BCUT2D eigenvalue weighted by molar-refractivity contribution is -0.138. The second kappa shape index (κ2) is 8.81. The minimum atomic E-state index is -0.776. The standard InChI is InChI=1S/C19H26FNO3/c1-14(7-8-15-4-2-6-17(20)12-15)19(24)21-11-3-5-16(13-21)9-10-18(22)23/h2,4,6,12,14,16H,3,5,7-11,13H2,1H3,(H,22,23). The fourth-order valence-electron chi connectivity index (χ4n) is 3.34. The molecule has 1 saturated heterocycles. The lowest BCUT2D eigenvalue weighted by Crippen LogP contribution is -2.42. The van der Waals surface area contributed by atoms with Gasteiger partial charge in [0.2, 0.25) is 5.91 Å². The van der Waals surface area contributed by atoms with Crippen LogP contribution in [0.1, 0.15) is 44.6 Å². The summed E-state index contributed by atoms with van der Waals surface area (Å²) in [7, 11) is 0. The Bertz CT molecular complexity index is 575. The van der Waals surface area contributed by atoms with E-state index in [0.29, 0.717) is 25.8 Å². The molecule has 132 valence electrons. The summed E-state index contributed by atoms with van der Waals surface area (Å²) >= 11 is 0. The van der Waals surface area contributed by atoms with Crippen molar-refractivity contribution in [1.29, 1.82) is 0 Å². The molecule has 0 saturated carbocycles. The quantitative estimate of drug-likeness (QED) is 0.830. The minimum absolute atomic E-state index is 0.105. The molecule has 0 spiro atoms. The van der Waals surface area contributed by atoms with Crippen LogP contribution in [-0.2, 0) is 16.0 Å². The zero-order valence-corrected chi connectivity index (χ0v) is 14.2. The topological polar surface area (TPSA) is 57.6 Å². The zero-order valence-electron chi connectivity index (χ0n) is 14.2. The van der Waals surface area contributed by atoms with Crippen molar-refractivity contribution in [2.75, 3.05) is 13.1 Å². The normalized spacial score (nSPS) is 19.1. The van der Waals surface area contributed by atoms with Crippen molar-refractivity contribution in [2.45, 2.75) is 45.4 Å². The Hall–Kier alpha value is -1.91. The molecular weight excluding hydrogens is 309 g/mol. The first kappa shape index (κ1) is 18.4. The van der Waals surface area contributed by atoms with Crippen molar-refractivity contribution >= 4 is 11.9 Å². The van der Waals surface area contributed by atoms with E-state index in [1.807, 2.05) is 17.9 Å². The number of hydrogen-bond acceptors (Lipinski definition) is 2. The fourth-order valence-corrected chi connectivity index (χ4v) is 3.34. The molecular formula is C19H26FNO3. The highest BCUT2D eigenvalue weighted by Gasteiger charge is 2.26. The molecule has 1 aliphatic rings. The van der Waals surface area contributed by atoms with Crippen LogP contribution in [0.5, 0.6) is 0 Å². The van der Waals surface area contributed by atoms with Crippen LogP contribution in [0.4, 0.5) is 4.39 Å². The first-order valence-electron chi connectivity index (χ1n) is 8.70. The van der Waals surface area contributed by atoms with Crippen molar-refractivity contribution in [3.8, 4) is 0 Å². The van der Waals surface area contributed by atoms with Gasteiger partial charge in [-0.05, 0) is 55.7 Å². The molecule has 0 bridgehead atoms. The summed E-state index contributed by atoms with van der Waals surface area (Å²) in [6, 6.07) is 6.50. The molecule has 24 heavy (non-hydrogen) atoms. The molecule has 1 aromatic carbocycles. The Morgan fingerprint density at radius 3 is 2.92 bits per heavy atom. The lowest BCUT2D eigenvalue weighted by atomic mass is 9.92. The SMILES string of the molecule is CC(CCc1cccc(F)c1)C(=O)N1CCCC(CCC(=O)O)C1. The lowest BCUT2D eigenvalue weighted by Gasteiger charge is -2.34. The molecule has 1 heterocycles. The summed E-state index contributed by atoms with van der Waals surface area (Å²) in [5.41, 5.74) is 0.910. The number of piperidine rings is 1. The van der Waals surface area contributed by atoms with Gasteiger partial charge in [-0.1, -0.05) is 19.1 Å². The second-order valence-electron chi connectivity index (χ2n) is 6.79. The van der Waals surface area contributed by atoms with Gasteiger partial charge in [0.15, 0.2) is 0 Å². The highest BCUT2D eigenvalue weighted by atomic mass is 19.1. The summed E-state index contributed by atoms with van der Waals surface area (Å²) < 4.78 is 13.2. The van der Waals surface area contributed by atoms with Gasteiger partial charge in [0.1, 0.15) is 5.82 Å². The molecule has 1 aliphatic heterocycles. The number of aliphatic carboxylic acids is 1. The van der Waals surface area contributed by atoms with Crippen LogP contribution in [0, 0.1) is 17.7 Å². The van der Waals surface area contributed by atoms with E-state index in [1.165, 1.54) is 12.1 Å². The van der Waals surface area contributed by atoms with Gasteiger partial charge in [0.25, 0.3) is 0 Å². The van der Waals surface area contributed by atoms with Crippen LogP contribution in [0.3, 0.4) is 0 Å². The molecule has 0 radical (unpaired) electrons. The maximum absolute atomic E-state index is 13.2. The van der Waals surface area contributed by atoms with E-state index in [4.69, 9.17) is 5.11 Å². The number of carboxylic acids is 1. The van der Waals surface area contributed by atoms with Crippen molar-refractivity contribution in [3.05, 3.63) is 35.6 Å². The van der Waals surface area contributed by atoms with Gasteiger partial charge in [-0.3, -0.25) is 9.59 Å². The van der Waals surface area contributed by atoms with Gasteiger partial charge < -0.3 is 10.0 Å². The van der Waals surface area contributed by atoms with Crippen molar-refractivity contribution < 1.29 is 19.1 Å². The predicted octanol–water partition coefficient (Wildman–Crippen LogP) is 3.50. The first-order chi connectivity index (χ1) is 11.5. The molecule has 0 aliphatic carbocycles. The maximum Gasteiger partial charge on any atom is 0.303 e. The highest BCUT2D eigenvalue weighted by Crippen LogP contribution is 2.23. The smallest absolute Gasteiger partial charge is 0.303 e. The zero-order chi connectivity index (χ0) is 17.5. The number of carbonyl (C=O) groups is 2. The summed E-state index contributed by atoms with van der Waals surface area (Å²) in [4.78, 5) is 25.2. The number of aryl methyl sites for hydroxylation is 1.